The van der Waals surface area contributed by atoms with Crippen molar-refractivity contribution in [2.75, 3.05) is 0 Å². The van der Waals surface area contributed by atoms with Gasteiger partial charge >= 0.3 is 5.97 Å². The number of nitrogens with zero attached hydrogens (tertiary/aromatic N) is 1. The topological polar surface area (TPSA) is 70.4 Å². The fourth-order valence-electron chi connectivity index (χ4n) is 3.89. The number of carbonyl (C=O) groups is 1. The molecule has 31 heavy (non-hydrogen) atoms. The second kappa shape index (κ2) is 15.4. The molecule has 0 saturated carbocycles. The Labute approximate surface area is 187 Å². The molecule has 1 aromatic heterocycles. The number of para-hydroxylation sites is 1. The number of aryl methyl sites for hydroxylation is 1. The van der Waals surface area contributed by atoms with Crippen LogP contribution >= 0.6 is 0 Å². The quantitative estimate of drug-likeness (QED) is 0.202. The summed E-state index contributed by atoms with van der Waals surface area (Å²) in [5.41, 5.74) is 1.78. The lowest BCUT2D eigenvalue weighted by molar-refractivity contribution is -0.137. The van der Waals surface area contributed by atoms with Gasteiger partial charge in [-0.25, -0.2) is 4.98 Å². The first-order valence-corrected chi connectivity index (χ1v) is 12.1. The zero-order valence-corrected chi connectivity index (χ0v) is 18.9. The van der Waals surface area contributed by atoms with Gasteiger partial charge in [0.15, 0.2) is 0 Å². The summed E-state index contributed by atoms with van der Waals surface area (Å²) in [6, 6.07) is 9.65. The molecule has 2 N–H and O–H groups in total. The molecular weight excluding hydrogens is 386 g/mol. The second-order valence-electron chi connectivity index (χ2n) is 8.48. The van der Waals surface area contributed by atoms with Crippen molar-refractivity contribution in [2.24, 2.45) is 0 Å². The van der Waals surface area contributed by atoms with Crippen LogP contribution in [0.5, 0.6) is 5.75 Å². The first kappa shape index (κ1) is 24.9. The number of aromatic hydroxyl groups is 1. The number of carboxylic acids is 1. The van der Waals surface area contributed by atoms with Crippen molar-refractivity contribution in [2.45, 2.75) is 96.3 Å². The number of phenolic OH excluding ortho intramolecular Hbond substituents is 1. The van der Waals surface area contributed by atoms with E-state index in [2.05, 4.69) is 23.2 Å². The molecule has 1 heterocycles. The number of rotatable bonds is 17. The molecule has 0 amide bonds. The zero-order chi connectivity index (χ0) is 22.2. The SMILES string of the molecule is O=C(O)CCCCCCC/C=C\CCCCCCCCc1ccc2cccc(O)c2n1. The van der Waals surface area contributed by atoms with Gasteiger partial charge in [-0.3, -0.25) is 4.79 Å². The molecule has 0 atom stereocenters. The van der Waals surface area contributed by atoms with Gasteiger partial charge in [0, 0.05) is 17.5 Å². The molecule has 0 aliphatic heterocycles. The van der Waals surface area contributed by atoms with Crippen LogP contribution in [0.25, 0.3) is 10.9 Å². The molecule has 0 aliphatic rings. The highest BCUT2D eigenvalue weighted by molar-refractivity contribution is 5.84. The van der Waals surface area contributed by atoms with E-state index in [0.29, 0.717) is 11.9 Å². The van der Waals surface area contributed by atoms with Crippen LogP contribution < -0.4 is 0 Å². The monoisotopic (exact) mass is 425 g/mol. The van der Waals surface area contributed by atoms with E-state index < -0.39 is 5.97 Å². The van der Waals surface area contributed by atoms with Gasteiger partial charge < -0.3 is 10.2 Å². The molecule has 0 bridgehead atoms. The van der Waals surface area contributed by atoms with Crippen molar-refractivity contribution in [3.8, 4) is 5.75 Å². The molecule has 4 nitrogen and oxygen atoms in total. The van der Waals surface area contributed by atoms with Crippen molar-refractivity contribution in [3.05, 3.63) is 48.2 Å². The molecule has 0 spiro atoms. The van der Waals surface area contributed by atoms with Gasteiger partial charge in [0.1, 0.15) is 11.3 Å². The number of carboxylic acid groups (broad SMARTS) is 1. The summed E-state index contributed by atoms with van der Waals surface area (Å²) in [6.07, 6.45) is 21.3. The van der Waals surface area contributed by atoms with Gasteiger partial charge in [-0.2, -0.15) is 0 Å². The summed E-state index contributed by atoms with van der Waals surface area (Å²) in [4.78, 5) is 15.0. The third-order valence-corrected chi connectivity index (χ3v) is 5.74. The van der Waals surface area contributed by atoms with Crippen molar-refractivity contribution < 1.29 is 15.0 Å². The summed E-state index contributed by atoms with van der Waals surface area (Å²) in [5.74, 6) is -0.412. The molecule has 2 aromatic rings. The predicted molar refractivity (Wildman–Crippen MR) is 129 cm³/mol. The number of benzene rings is 1. The maximum absolute atomic E-state index is 10.4. The Bertz CT molecular complexity index is 800. The summed E-state index contributed by atoms with van der Waals surface area (Å²) in [5, 5.41) is 19.5. The third-order valence-electron chi connectivity index (χ3n) is 5.74. The Hall–Kier alpha value is -2.36. The van der Waals surface area contributed by atoms with Crippen LogP contribution in [0.2, 0.25) is 0 Å². The van der Waals surface area contributed by atoms with E-state index in [0.717, 1.165) is 49.6 Å². The average Bonchev–Trinajstić information content (AvgIpc) is 2.76. The normalized spacial score (nSPS) is 11.5. The van der Waals surface area contributed by atoms with E-state index in [-0.39, 0.29) is 5.75 Å². The lowest BCUT2D eigenvalue weighted by atomic mass is 10.1. The fourth-order valence-corrected chi connectivity index (χ4v) is 3.89. The van der Waals surface area contributed by atoms with Gasteiger partial charge in [0.25, 0.3) is 0 Å². The molecule has 0 saturated heterocycles. The smallest absolute Gasteiger partial charge is 0.303 e. The molecule has 0 aliphatic carbocycles. The standard InChI is InChI=1S/C27H39NO3/c29-25-19-16-17-23-21-22-24(28-27(23)25)18-14-12-10-8-6-4-2-1-3-5-7-9-11-13-15-20-26(30)31/h1,3,16-17,19,21-22,29H,2,4-15,18,20H2,(H,30,31)/b3-1-. The number of fused-ring (bicyclic) bond motifs is 1. The average molecular weight is 426 g/mol. The number of phenols is 1. The van der Waals surface area contributed by atoms with E-state index in [9.17, 15) is 9.90 Å². The lowest BCUT2D eigenvalue weighted by Gasteiger charge is -2.05. The van der Waals surface area contributed by atoms with Gasteiger partial charge in [-0.1, -0.05) is 75.3 Å². The number of hydrogen-bond donors (Lipinski definition) is 2. The largest absolute Gasteiger partial charge is 0.506 e. The highest BCUT2D eigenvalue weighted by Gasteiger charge is 2.03. The van der Waals surface area contributed by atoms with Crippen molar-refractivity contribution in [1.82, 2.24) is 4.98 Å². The molecule has 170 valence electrons. The molecule has 0 unspecified atom stereocenters. The number of pyridine rings is 1. The van der Waals surface area contributed by atoms with Crippen LogP contribution in [-0.2, 0) is 11.2 Å². The number of aliphatic carboxylic acids is 1. The van der Waals surface area contributed by atoms with Gasteiger partial charge in [0.2, 0.25) is 0 Å². The Kier molecular flexibility index (Phi) is 12.4. The molecule has 0 radical (unpaired) electrons. The van der Waals surface area contributed by atoms with Gasteiger partial charge in [-0.05, 0) is 57.1 Å². The summed E-state index contributed by atoms with van der Waals surface area (Å²) in [7, 11) is 0. The van der Waals surface area contributed by atoms with E-state index in [1.54, 1.807) is 6.07 Å². The maximum Gasteiger partial charge on any atom is 0.303 e. The number of unbranched alkanes of at least 4 members (excludes halogenated alkanes) is 11. The fraction of sp³-hybridized carbons (Fsp3) is 0.556. The van der Waals surface area contributed by atoms with Crippen LogP contribution in [0, 0.1) is 0 Å². The third kappa shape index (κ3) is 11.0. The second-order valence-corrected chi connectivity index (χ2v) is 8.48. The Morgan fingerprint density at radius 1 is 0.774 bits per heavy atom. The Morgan fingerprint density at radius 2 is 1.39 bits per heavy atom. The van der Waals surface area contributed by atoms with Crippen LogP contribution in [0.4, 0.5) is 0 Å². The summed E-state index contributed by atoms with van der Waals surface area (Å²) in [6.45, 7) is 0. The predicted octanol–water partition coefficient (Wildman–Crippen LogP) is 7.59. The Morgan fingerprint density at radius 3 is 2.06 bits per heavy atom. The first-order valence-electron chi connectivity index (χ1n) is 12.1. The minimum atomic E-state index is -0.678. The Balaban J connectivity index is 1.39. The zero-order valence-electron chi connectivity index (χ0n) is 18.9. The maximum atomic E-state index is 10.4. The highest BCUT2D eigenvalue weighted by Crippen LogP contribution is 2.23. The first-order chi connectivity index (χ1) is 15.2. The molecule has 2 rings (SSSR count). The van der Waals surface area contributed by atoms with E-state index in [1.807, 2.05) is 18.2 Å². The van der Waals surface area contributed by atoms with Crippen LogP contribution in [0.3, 0.4) is 0 Å². The van der Waals surface area contributed by atoms with E-state index >= 15 is 0 Å². The molecule has 4 heteroatoms. The minimum absolute atomic E-state index is 0.265. The molecular formula is C27H39NO3. The van der Waals surface area contributed by atoms with Gasteiger partial charge in [0.05, 0.1) is 0 Å². The van der Waals surface area contributed by atoms with Crippen molar-refractivity contribution in [3.63, 3.8) is 0 Å². The van der Waals surface area contributed by atoms with Crippen molar-refractivity contribution >= 4 is 16.9 Å². The summed E-state index contributed by atoms with van der Waals surface area (Å²) >= 11 is 0. The highest BCUT2D eigenvalue weighted by atomic mass is 16.4. The van der Waals surface area contributed by atoms with Crippen LogP contribution in [0.1, 0.15) is 95.6 Å². The number of allylic oxidation sites excluding steroid dienone is 2. The minimum Gasteiger partial charge on any atom is -0.506 e. The van der Waals surface area contributed by atoms with Crippen LogP contribution in [0.15, 0.2) is 42.5 Å². The van der Waals surface area contributed by atoms with E-state index in [1.165, 1.54) is 51.4 Å². The summed E-state index contributed by atoms with van der Waals surface area (Å²) < 4.78 is 0. The lowest BCUT2D eigenvalue weighted by Crippen LogP contribution is -1.93. The van der Waals surface area contributed by atoms with Crippen molar-refractivity contribution in [1.29, 1.82) is 0 Å². The number of aromatic nitrogens is 1. The molecule has 1 aromatic carbocycles. The molecule has 0 fully saturated rings. The number of hydrogen-bond acceptors (Lipinski definition) is 3. The van der Waals surface area contributed by atoms with Gasteiger partial charge in [-0.15, -0.1) is 0 Å². The van der Waals surface area contributed by atoms with E-state index in [4.69, 9.17) is 5.11 Å². The van der Waals surface area contributed by atoms with Crippen LogP contribution in [-0.4, -0.2) is 21.2 Å².